The van der Waals surface area contributed by atoms with Gasteiger partial charge in [-0.25, -0.2) is 0 Å². The first-order chi connectivity index (χ1) is 8.66. The van der Waals surface area contributed by atoms with Crippen LogP contribution < -0.4 is 5.73 Å². The molecule has 2 unspecified atom stereocenters. The van der Waals surface area contributed by atoms with Gasteiger partial charge in [0.05, 0.1) is 0 Å². The van der Waals surface area contributed by atoms with Crippen LogP contribution in [0.25, 0.3) is 0 Å². The van der Waals surface area contributed by atoms with Gasteiger partial charge in [0.1, 0.15) is 5.69 Å². The quantitative estimate of drug-likeness (QED) is 0.866. The molecule has 18 heavy (non-hydrogen) atoms. The molecule has 1 amide bonds. The largest absolute Gasteiger partial charge is 0.340 e. The molecule has 4 heteroatoms. The lowest BCUT2D eigenvalue weighted by Gasteiger charge is -2.36. The van der Waals surface area contributed by atoms with Crippen LogP contribution in [0, 0.1) is 0 Å². The van der Waals surface area contributed by atoms with Crippen LogP contribution in [0.1, 0.15) is 49.1 Å². The number of rotatable bonds is 2. The number of aromatic nitrogens is 1. The normalized spacial score (nSPS) is 28.4. The minimum Gasteiger partial charge on any atom is -0.340 e. The first kappa shape index (κ1) is 11.8. The highest BCUT2D eigenvalue weighted by atomic mass is 16.2. The molecule has 0 aromatic carbocycles. The summed E-state index contributed by atoms with van der Waals surface area (Å²) in [6.45, 7) is 2.89. The summed E-state index contributed by atoms with van der Waals surface area (Å²) in [7, 11) is 0. The first-order valence-corrected chi connectivity index (χ1v) is 6.90. The zero-order valence-corrected chi connectivity index (χ0v) is 10.9. The smallest absolute Gasteiger partial charge is 0.270 e. The number of nitrogens with zero attached hydrogens (tertiary/aromatic N) is 2. The molecule has 2 heterocycles. The number of hydrogen-bond donors (Lipinski definition) is 1. The van der Waals surface area contributed by atoms with Crippen molar-refractivity contribution in [3.63, 3.8) is 0 Å². The molecule has 1 saturated heterocycles. The van der Waals surface area contributed by atoms with E-state index < -0.39 is 0 Å². The third-order valence-corrected chi connectivity index (χ3v) is 4.12. The van der Waals surface area contributed by atoms with E-state index in [9.17, 15) is 4.79 Å². The van der Waals surface area contributed by atoms with Crippen LogP contribution in [0.15, 0.2) is 18.3 Å². The van der Waals surface area contributed by atoms with Gasteiger partial charge >= 0.3 is 0 Å². The maximum absolute atomic E-state index is 12.6. The van der Waals surface area contributed by atoms with E-state index in [4.69, 9.17) is 5.73 Å². The Kier molecular flexibility index (Phi) is 2.90. The fourth-order valence-corrected chi connectivity index (χ4v) is 2.90. The van der Waals surface area contributed by atoms with E-state index in [0.717, 1.165) is 25.1 Å². The van der Waals surface area contributed by atoms with Gasteiger partial charge in [-0.2, -0.15) is 0 Å². The minimum absolute atomic E-state index is 0.173. The summed E-state index contributed by atoms with van der Waals surface area (Å²) in [5.41, 5.74) is 6.80. The summed E-state index contributed by atoms with van der Waals surface area (Å²) in [5.74, 6) is 0.173. The van der Waals surface area contributed by atoms with Crippen LogP contribution in [0.5, 0.6) is 0 Å². The predicted octanol–water partition coefficient (Wildman–Crippen LogP) is 1.77. The summed E-state index contributed by atoms with van der Waals surface area (Å²) in [4.78, 5) is 14.6. The first-order valence-electron chi connectivity index (χ1n) is 6.90. The molecule has 1 aromatic heterocycles. The van der Waals surface area contributed by atoms with Gasteiger partial charge in [0.2, 0.25) is 0 Å². The molecule has 2 aliphatic rings. The number of hydrogen-bond acceptors (Lipinski definition) is 2. The summed E-state index contributed by atoms with van der Waals surface area (Å²) in [6.07, 6.45) is 6.27. The van der Waals surface area contributed by atoms with E-state index in [1.54, 1.807) is 0 Å². The van der Waals surface area contributed by atoms with Crippen molar-refractivity contribution in [3.05, 3.63) is 24.0 Å². The summed E-state index contributed by atoms with van der Waals surface area (Å²) in [6, 6.07) is 4.98. The number of likely N-dealkylation sites (tertiary alicyclic amines) is 1. The lowest BCUT2D eigenvalue weighted by atomic mass is 9.99. The SMILES string of the molecule is CC1CC(N)CCN1C(=O)c1cccn1C1CC1. The van der Waals surface area contributed by atoms with Crippen molar-refractivity contribution >= 4 is 5.91 Å². The van der Waals surface area contributed by atoms with E-state index in [2.05, 4.69) is 11.5 Å². The van der Waals surface area contributed by atoms with Gasteiger partial charge in [-0.3, -0.25) is 4.79 Å². The summed E-state index contributed by atoms with van der Waals surface area (Å²) >= 11 is 0. The zero-order valence-electron chi connectivity index (χ0n) is 10.9. The average molecular weight is 247 g/mol. The number of amides is 1. The van der Waals surface area contributed by atoms with Crippen LogP contribution in [0.3, 0.4) is 0 Å². The van der Waals surface area contributed by atoms with Crippen LogP contribution in [-0.2, 0) is 0 Å². The molecule has 0 spiro atoms. The van der Waals surface area contributed by atoms with Crippen molar-refractivity contribution in [1.82, 2.24) is 9.47 Å². The summed E-state index contributed by atoms with van der Waals surface area (Å²) in [5, 5.41) is 0. The zero-order chi connectivity index (χ0) is 12.7. The Morgan fingerprint density at radius 3 is 2.83 bits per heavy atom. The molecule has 0 radical (unpaired) electrons. The predicted molar refractivity (Wildman–Crippen MR) is 70.4 cm³/mol. The maximum atomic E-state index is 12.6. The van der Waals surface area contributed by atoms with Gasteiger partial charge in [0.15, 0.2) is 0 Å². The Hall–Kier alpha value is -1.29. The Balaban J connectivity index is 1.79. The molecule has 98 valence electrons. The van der Waals surface area contributed by atoms with Crippen molar-refractivity contribution in [3.8, 4) is 0 Å². The molecule has 1 aromatic rings. The second kappa shape index (κ2) is 4.43. The van der Waals surface area contributed by atoms with E-state index in [1.807, 2.05) is 23.2 Å². The van der Waals surface area contributed by atoms with Crippen molar-refractivity contribution in [1.29, 1.82) is 0 Å². The van der Waals surface area contributed by atoms with Crippen LogP contribution >= 0.6 is 0 Å². The second-order valence-electron chi connectivity index (χ2n) is 5.66. The van der Waals surface area contributed by atoms with Crippen molar-refractivity contribution < 1.29 is 4.79 Å². The fraction of sp³-hybridized carbons (Fsp3) is 0.643. The molecule has 0 bridgehead atoms. The number of piperidine rings is 1. The highest BCUT2D eigenvalue weighted by Crippen LogP contribution is 2.36. The fourth-order valence-electron chi connectivity index (χ4n) is 2.90. The Labute approximate surface area is 108 Å². The minimum atomic E-state index is 0.173. The van der Waals surface area contributed by atoms with E-state index in [-0.39, 0.29) is 18.0 Å². The number of carbonyl (C=O) groups is 1. The van der Waals surface area contributed by atoms with Crippen molar-refractivity contribution in [2.45, 2.75) is 50.7 Å². The Bertz CT molecular complexity index is 450. The molecule has 1 aliphatic carbocycles. The molecular formula is C14H21N3O. The lowest BCUT2D eigenvalue weighted by Crippen LogP contribution is -2.48. The topological polar surface area (TPSA) is 51.3 Å². The van der Waals surface area contributed by atoms with Gasteiger partial charge in [0.25, 0.3) is 5.91 Å². The van der Waals surface area contributed by atoms with Crippen molar-refractivity contribution in [2.75, 3.05) is 6.54 Å². The van der Waals surface area contributed by atoms with Crippen LogP contribution in [0.2, 0.25) is 0 Å². The van der Waals surface area contributed by atoms with E-state index in [1.165, 1.54) is 12.8 Å². The third-order valence-electron chi connectivity index (χ3n) is 4.12. The van der Waals surface area contributed by atoms with Crippen molar-refractivity contribution in [2.24, 2.45) is 5.73 Å². The molecule has 2 fully saturated rings. The third kappa shape index (κ3) is 2.05. The Morgan fingerprint density at radius 2 is 2.17 bits per heavy atom. The molecular weight excluding hydrogens is 226 g/mol. The highest BCUT2D eigenvalue weighted by molar-refractivity contribution is 5.93. The van der Waals surface area contributed by atoms with E-state index >= 15 is 0 Å². The number of carbonyl (C=O) groups excluding carboxylic acids is 1. The van der Waals surface area contributed by atoms with Gasteiger partial charge in [-0.1, -0.05) is 0 Å². The molecule has 3 rings (SSSR count). The second-order valence-corrected chi connectivity index (χ2v) is 5.66. The molecule has 4 nitrogen and oxygen atoms in total. The molecule has 2 atom stereocenters. The standard InChI is InChI=1S/C14H21N3O/c1-10-9-11(15)6-8-16(10)14(18)13-3-2-7-17(13)12-4-5-12/h2-3,7,10-12H,4-6,8-9,15H2,1H3. The van der Waals surface area contributed by atoms with Gasteiger partial charge in [0, 0.05) is 30.9 Å². The number of nitrogens with two attached hydrogens (primary N) is 1. The van der Waals surface area contributed by atoms with Gasteiger partial charge < -0.3 is 15.2 Å². The van der Waals surface area contributed by atoms with Crippen LogP contribution in [0.4, 0.5) is 0 Å². The lowest BCUT2D eigenvalue weighted by molar-refractivity contribution is 0.0607. The maximum Gasteiger partial charge on any atom is 0.270 e. The van der Waals surface area contributed by atoms with Gasteiger partial charge in [-0.05, 0) is 44.7 Å². The monoisotopic (exact) mass is 247 g/mol. The van der Waals surface area contributed by atoms with Crippen LogP contribution in [-0.4, -0.2) is 34.0 Å². The Morgan fingerprint density at radius 1 is 1.39 bits per heavy atom. The van der Waals surface area contributed by atoms with Gasteiger partial charge in [-0.15, -0.1) is 0 Å². The van der Waals surface area contributed by atoms with E-state index in [0.29, 0.717) is 6.04 Å². The molecule has 1 aliphatic heterocycles. The molecule has 1 saturated carbocycles. The summed E-state index contributed by atoms with van der Waals surface area (Å²) < 4.78 is 2.14. The molecule has 2 N–H and O–H groups in total. The average Bonchev–Trinajstić information content (AvgIpc) is 3.06. The highest BCUT2D eigenvalue weighted by Gasteiger charge is 2.32.